The molecule has 2 nitrogen and oxygen atoms in total. The molecule has 0 bridgehead atoms. The van der Waals surface area contributed by atoms with E-state index >= 15 is 0 Å². The second-order valence-corrected chi connectivity index (χ2v) is 9.91. The smallest absolute Gasteiger partial charge is 0.156 e. The lowest BCUT2D eigenvalue weighted by molar-refractivity contribution is 0.115. The van der Waals surface area contributed by atoms with Gasteiger partial charge in [-0.1, -0.05) is 64.1 Å². The molecule has 0 aliphatic heterocycles. The highest BCUT2D eigenvalue weighted by molar-refractivity contribution is 8.13. The van der Waals surface area contributed by atoms with Gasteiger partial charge in [0.05, 0.1) is 6.04 Å². The lowest BCUT2D eigenvalue weighted by Gasteiger charge is -2.42. The summed E-state index contributed by atoms with van der Waals surface area (Å²) in [6.07, 6.45) is 13.5. The van der Waals surface area contributed by atoms with Crippen LogP contribution in [0.3, 0.4) is 0 Å². The topological polar surface area (TPSA) is 24.4 Å². The molecule has 3 heteroatoms. The zero-order chi connectivity index (χ0) is 17.7. The van der Waals surface area contributed by atoms with Crippen LogP contribution in [0.25, 0.3) is 0 Å². The Kier molecular flexibility index (Phi) is 7.52. The number of nitrogens with zero attached hydrogens (tertiary/aromatic N) is 1. The van der Waals surface area contributed by atoms with Gasteiger partial charge in [0.15, 0.2) is 5.17 Å². The Morgan fingerprint density at radius 2 is 1.54 bits per heavy atom. The van der Waals surface area contributed by atoms with E-state index in [1.54, 1.807) is 11.8 Å². The van der Waals surface area contributed by atoms with Crippen molar-refractivity contribution in [1.82, 2.24) is 5.32 Å². The fourth-order valence-electron chi connectivity index (χ4n) is 4.97. The van der Waals surface area contributed by atoms with Gasteiger partial charge in [-0.2, -0.15) is 0 Å². The zero-order valence-electron chi connectivity index (χ0n) is 16.9. The highest BCUT2D eigenvalue weighted by Crippen LogP contribution is 2.46. The van der Waals surface area contributed by atoms with Crippen molar-refractivity contribution in [3.63, 3.8) is 0 Å². The van der Waals surface area contributed by atoms with Crippen molar-refractivity contribution >= 4 is 16.9 Å². The first-order valence-corrected chi connectivity index (χ1v) is 11.5. The number of aliphatic imine (C=N–C) groups is 1. The third kappa shape index (κ3) is 5.41. The molecule has 2 atom stereocenters. The van der Waals surface area contributed by atoms with Gasteiger partial charge in [-0.25, -0.2) is 0 Å². The monoisotopic (exact) mass is 352 g/mol. The van der Waals surface area contributed by atoms with Gasteiger partial charge in [0.1, 0.15) is 0 Å². The van der Waals surface area contributed by atoms with Gasteiger partial charge in [-0.3, -0.25) is 4.99 Å². The molecule has 0 heterocycles. The van der Waals surface area contributed by atoms with Crippen LogP contribution in [0.5, 0.6) is 0 Å². The van der Waals surface area contributed by atoms with E-state index < -0.39 is 0 Å². The predicted octanol–water partition coefficient (Wildman–Crippen LogP) is 6.11. The Balaban J connectivity index is 2.14. The minimum atomic E-state index is 0.0896. The normalized spacial score (nSPS) is 33.0. The summed E-state index contributed by atoms with van der Waals surface area (Å²) in [7, 11) is 0. The molecule has 0 aromatic heterocycles. The summed E-state index contributed by atoms with van der Waals surface area (Å²) < 4.78 is 0. The molecule has 2 unspecified atom stereocenters. The van der Waals surface area contributed by atoms with Gasteiger partial charge in [-0.15, -0.1) is 0 Å². The number of rotatable bonds is 4. The van der Waals surface area contributed by atoms with Crippen molar-refractivity contribution in [2.75, 3.05) is 6.26 Å². The maximum Gasteiger partial charge on any atom is 0.156 e. The summed E-state index contributed by atoms with van der Waals surface area (Å²) in [4.78, 5) is 5.27. The minimum Gasteiger partial charge on any atom is -0.360 e. The molecule has 0 aromatic rings. The Morgan fingerprint density at radius 3 is 1.96 bits per heavy atom. The van der Waals surface area contributed by atoms with Gasteiger partial charge < -0.3 is 5.32 Å². The summed E-state index contributed by atoms with van der Waals surface area (Å²) in [5.74, 6) is 3.55. The Labute approximate surface area is 155 Å². The summed E-state index contributed by atoms with van der Waals surface area (Å²) in [5.41, 5.74) is 0.0896. The van der Waals surface area contributed by atoms with E-state index in [9.17, 15) is 0 Å². The van der Waals surface area contributed by atoms with Crippen LogP contribution in [-0.2, 0) is 0 Å². The van der Waals surface area contributed by atoms with Crippen molar-refractivity contribution in [3.05, 3.63) is 0 Å². The average molecular weight is 353 g/mol. The van der Waals surface area contributed by atoms with Gasteiger partial charge in [0.25, 0.3) is 0 Å². The molecule has 2 saturated carbocycles. The molecule has 2 rings (SSSR count). The zero-order valence-corrected chi connectivity index (χ0v) is 17.7. The van der Waals surface area contributed by atoms with Crippen molar-refractivity contribution in [1.29, 1.82) is 0 Å². The van der Waals surface area contributed by atoms with E-state index in [0.29, 0.717) is 6.04 Å². The SMILES string of the molecule is CCC1CC(C2CCCC2)CC(CC)C1N=C(NC(C)(C)C)SC. The molecule has 0 saturated heterocycles. The quantitative estimate of drug-likeness (QED) is 0.487. The third-order valence-electron chi connectivity index (χ3n) is 6.23. The first-order chi connectivity index (χ1) is 11.4. The molecule has 2 fully saturated rings. The van der Waals surface area contributed by atoms with E-state index in [1.165, 1.54) is 51.4 Å². The van der Waals surface area contributed by atoms with Gasteiger partial charge in [-0.05, 0) is 63.5 Å². The second-order valence-electron chi connectivity index (χ2n) is 9.12. The highest BCUT2D eigenvalue weighted by Gasteiger charge is 2.39. The van der Waals surface area contributed by atoms with Crippen LogP contribution in [0.2, 0.25) is 0 Å². The van der Waals surface area contributed by atoms with E-state index in [-0.39, 0.29) is 5.54 Å². The fraction of sp³-hybridized carbons (Fsp3) is 0.952. The molecule has 0 radical (unpaired) electrons. The number of hydrogen-bond acceptors (Lipinski definition) is 2. The number of hydrogen-bond donors (Lipinski definition) is 1. The maximum absolute atomic E-state index is 5.27. The van der Waals surface area contributed by atoms with Crippen LogP contribution >= 0.6 is 11.8 Å². The largest absolute Gasteiger partial charge is 0.360 e. The molecule has 2 aliphatic rings. The minimum absolute atomic E-state index is 0.0896. The van der Waals surface area contributed by atoms with Crippen LogP contribution in [0.1, 0.15) is 86.0 Å². The lowest BCUT2D eigenvalue weighted by atomic mass is 9.66. The number of amidine groups is 1. The van der Waals surface area contributed by atoms with Crippen molar-refractivity contribution in [2.24, 2.45) is 28.7 Å². The highest BCUT2D eigenvalue weighted by atomic mass is 32.2. The molecular formula is C21H40N2S. The number of nitrogens with one attached hydrogen (secondary N) is 1. The summed E-state index contributed by atoms with van der Waals surface area (Å²) in [5, 5.41) is 4.76. The van der Waals surface area contributed by atoms with Gasteiger partial charge in [0, 0.05) is 5.54 Å². The average Bonchev–Trinajstić information content (AvgIpc) is 3.07. The van der Waals surface area contributed by atoms with Crippen LogP contribution < -0.4 is 5.32 Å². The fourth-order valence-corrected chi connectivity index (χ4v) is 5.61. The molecule has 1 N–H and O–H groups in total. The van der Waals surface area contributed by atoms with Crippen molar-refractivity contribution in [3.8, 4) is 0 Å². The maximum atomic E-state index is 5.27. The Bertz CT molecular complexity index is 393. The standard InChI is InChI=1S/C21H40N2S/c1-7-15-13-18(17-11-9-10-12-17)14-16(8-2)19(15)22-20(24-6)23-21(3,4)5/h15-19H,7-14H2,1-6H3,(H,22,23). The summed E-state index contributed by atoms with van der Waals surface area (Å²) in [6, 6.07) is 0.523. The Hall–Kier alpha value is -0.180. The van der Waals surface area contributed by atoms with Crippen molar-refractivity contribution in [2.45, 2.75) is 97.6 Å². The Morgan fingerprint density at radius 1 is 1.00 bits per heavy atom. The molecule has 2 aliphatic carbocycles. The van der Waals surface area contributed by atoms with Crippen LogP contribution in [0, 0.1) is 23.7 Å². The first-order valence-electron chi connectivity index (χ1n) is 10.3. The molecule has 0 aromatic carbocycles. The predicted molar refractivity (Wildman–Crippen MR) is 110 cm³/mol. The summed E-state index contributed by atoms with van der Waals surface area (Å²) >= 11 is 1.78. The molecule has 140 valence electrons. The van der Waals surface area contributed by atoms with Gasteiger partial charge >= 0.3 is 0 Å². The van der Waals surface area contributed by atoms with Crippen LogP contribution in [-0.4, -0.2) is 23.0 Å². The van der Waals surface area contributed by atoms with Crippen LogP contribution in [0.4, 0.5) is 0 Å². The van der Waals surface area contributed by atoms with E-state index in [0.717, 1.165) is 28.8 Å². The lowest BCUT2D eigenvalue weighted by Crippen LogP contribution is -2.42. The summed E-state index contributed by atoms with van der Waals surface area (Å²) in [6.45, 7) is 11.4. The molecule has 0 amide bonds. The number of thioether (sulfide) groups is 1. The molecule has 24 heavy (non-hydrogen) atoms. The second kappa shape index (κ2) is 8.96. The van der Waals surface area contributed by atoms with E-state index in [1.807, 2.05) is 0 Å². The molecular weight excluding hydrogens is 312 g/mol. The van der Waals surface area contributed by atoms with E-state index in [2.05, 4.69) is 46.2 Å². The van der Waals surface area contributed by atoms with E-state index in [4.69, 9.17) is 4.99 Å². The van der Waals surface area contributed by atoms with Crippen LogP contribution in [0.15, 0.2) is 4.99 Å². The van der Waals surface area contributed by atoms with Crippen molar-refractivity contribution < 1.29 is 0 Å². The third-order valence-corrected chi connectivity index (χ3v) is 6.83. The van der Waals surface area contributed by atoms with Gasteiger partial charge in [0.2, 0.25) is 0 Å². The first kappa shape index (κ1) is 20.1. The molecule has 0 spiro atoms.